The second kappa shape index (κ2) is 8.24. The molecule has 7 nitrogen and oxygen atoms in total. The molecule has 3 rings (SSSR count). The number of aromatic nitrogens is 2. The highest BCUT2D eigenvalue weighted by atomic mass is 32.2. The number of amides is 1. The average molecular weight is 442 g/mol. The van der Waals surface area contributed by atoms with Crippen molar-refractivity contribution in [2.24, 2.45) is 0 Å². The molecule has 1 amide bonds. The highest BCUT2D eigenvalue weighted by molar-refractivity contribution is 7.89. The number of sulfonamides is 1. The van der Waals surface area contributed by atoms with Gasteiger partial charge >= 0.3 is 6.18 Å². The first-order chi connectivity index (χ1) is 14.1. The molecule has 30 heavy (non-hydrogen) atoms. The summed E-state index contributed by atoms with van der Waals surface area (Å²) in [4.78, 5) is 10.8. The summed E-state index contributed by atoms with van der Waals surface area (Å²) in [6, 6.07) is 9.15. The van der Waals surface area contributed by atoms with E-state index in [0.29, 0.717) is 17.8 Å². The number of nitrogens with one attached hydrogen (secondary N) is 2. The monoisotopic (exact) mass is 442 g/mol. The number of carbonyl (C=O) groups excluding carboxylic acids is 1. The molecular formula is C18H14F4N4O3S. The van der Waals surface area contributed by atoms with E-state index in [0.717, 1.165) is 5.69 Å². The van der Waals surface area contributed by atoms with E-state index in [1.54, 1.807) is 52.1 Å². The van der Waals surface area contributed by atoms with E-state index in [9.17, 15) is 30.8 Å². The van der Waals surface area contributed by atoms with Gasteiger partial charge in [0.1, 0.15) is 10.7 Å². The molecule has 0 aliphatic heterocycles. The van der Waals surface area contributed by atoms with Gasteiger partial charge in [-0.05, 0) is 48.5 Å². The minimum absolute atomic E-state index is 0.170. The number of nitrogens with zero attached hydrogens (tertiary/aromatic N) is 2. The molecule has 0 atom stereocenters. The van der Waals surface area contributed by atoms with Crippen LogP contribution in [0, 0.1) is 5.82 Å². The second-order valence-corrected chi connectivity index (χ2v) is 7.75. The first-order valence-corrected chi connectivity index (χ1v) is 9.81. The van der Waals surface area contributed by atoms with Crippen LogP contribution in [0.3, 0.4) is 0 Å². The summed E-state index contributed by atoms with van der Waals surface area (Å²) in [6.07, 6.45) is -1.54. The van der Waals surface area contributed by atoms with Gasteiger partial charge in [-0.1, -0.05) is 0 Å². The van der Waals surface area contributed by atoms with Crippen LogP contribution in [0.1, 0.15) is 5.56 Å². The Kier molecular flexibility index (Phi) is 5.89. The fraction of sp³-hybridized carbons (Fsp3) is 0.111. The summed E-state index contributed by atoms with van der Waals surface area (Å²) in [7, 11) is -4.69. The summed E-state index contributed by atoms with van der Waals surface area (Å²) < 4.78 is 79.7. The zero-order chi connectivity index (χ0) is 21.9. The molecule has 0 aliphatic rings. The molecule has 1 heterocycles. The van der Waals surface area contributed by atoms with Crippen LogP contribution in [-0.2, 0) is 21.0 Å². The van der Waals surface area contributed by atoms with E-state index >= 15 is 0 Å². The molecule has 12 heteroatoms. The van der Waals surface area contributed by atoms with Crippen LogP contribution in [0.4, 0.5) is 23.2 Å². The highest BCUT2D eigenvalue weighted by Crippen LogP contribution is 2.31. The predicted molar refractivity (Wildman–Crippen MR) is 98.8 cm³/mol. The number of hydrogen-bond donors (Lipinski definition) is 2. The summed E-state index contributed by atoms with van der Waals surface area (Å²) in [5.41, 5.74) is -0.259. The molecule has 158 valence electrons. The Morgan fingerprint density at radius 1 is 1.10 bits per heavy atom. The lowest BCUT2D eigenvalue weighted by Gasteiger charge is -2.11. The average Bonchev–Trinajstić information content (AvgIpc) is 3.21. The Bertz CT molecular complexity index is 1150. The minimum atomic E-state index is -4.85. The van der Waals surface area contributed by atoms with Gasteiger partial charge in [0.05, 0.1) is 17.8 Å². The van der Waals surface area contributed by atoms with Gasteiger partial charge < -0.3 is 5.32 Å². The highest BCUT2D eigenvalue weighted by Gasteiger charge is 2.33. The van der Waals surface area contributed by atoms with Crippen molar-refractivity contribution in [3.05, 3.63) is 72.3 Å². The number of benzene rings is 2. The number of rotatable bonds is 6. The smallest absolute Gasteiger partial charge is 0.325 e. The van der Waals surface area contributed by atoms with Gasteiger partial charge in [-0.2, -0.15) is 18.3 Å². The number of anilines is 1. The third-order valence-electron chi connectivity index (χ3n) is 3.89. The maximum atomic E-state index is 13.8. The summed E-state index contributed by atoms with van der Waals surface area (Å²) in [6.45, 7) is -0.807. The molecule has 0 bridgehead atoms. The lowest BCUT2D eigenvalue weighted by molar-refractivity contribution is -0.137. The van der Waals surface area contributed by atoms with E-state index < -0.39 is 44.9 Å². The van der Waals surface area contributed by atoms with Crippen molar-refractivity contribution in [2.45, 2.75) is 11.1 Å². The molecule has 0 saturated carbocycles. The van der Waals surface area contributed by atoms with Crippen molar-refractivity contribution in [3.63, 3.8) is 0 Å². The maximum absolute atomic E-state index is 13.8. The first-order valence-electron chi connectivity index (χ1n) is 8.32. The zero-order valence-corrected chi connectivity index (χ0v) is 15.8. The maximum Gasteiger partial charge on any atom is 0.416 e. The quantitative estimate of drug-likeness (QED) is 0.574. The number of alkyl halides is 3. The normalized spacial score (nSPS) is 12.0. The first kappa shape index (κ1) is 21.5. The van der Waals surface area contributed by atoms with Crippen molar-refractivity contribution in [3.8, 4) is 5.69 Å². The Balaban J connectivity index is 1.65. The fourth-order valence-electron chi connectivity index (χ4n) is 2.45. The zero-order valence-electron chi connectivity index (χ0n) is 15.0. The molecule has 0 saturated heterocycles. The molecule has 0 unspecified atom stereocenters. The third kappa shape index (κ3) is 5.02. The van der Waals surface area contributed by atoms with Crippen LogP contribution in [0.2, 0.25) is 0 Å². The van der Waals surface area contributed by atoms with E-state index in [2.05, 4.69) is 10.4 Å². The molecule has 1 aromatic heterocycles. The summed E-state index contributed by atoms with van der Waals surface area (Å²) >= 11 is 0. The summed E-state index contributed by atoms with van der Waals surface area (Å²) in [5, 5.41) is 6.46. The lowest BCUT2D eigenvalue weighted by Crippen LogP contribution is -2.33. The molecule has 3 aromatic rings. The third-order valence-corrected chi connectivity index (χ3v) is 5.31. The topological polar surface area (TPSA) is 93.1 Å². The van der Waals surface area contributed by atoms with Gasteiger partial charge in [-0.25, -0.2) is 22.2 Å². The van der Waals surface area contributed by atoms with Crippen molar-refractivity contribution in [1.29, 1.82) is 0 Å². The van der Waals surface area contributed by atoms with Crippen LogP contribution in [0.15, 0.2) is 65.8 Å². The number of halogens is 4. The molecular weight excluding hydrogens is 428 g/mol. The minimum Gasteiger partial charge on any atom is -0.325 e. The van der Waals surface area contributed by atoms with E-state index in [-0.39, 0.29) is 6.07 Å². The standard InChI is InChI=1S/C18H14F4N4O3S/c19-15-7-2-12(18(20,21)22)10-16(15)30(28,29)24-11-17(27)25-13-3-5-14(6-4-13)26-9-1-8-23-26/h1-10,24H,11H2,(H,25,27). The largest absolute Gasteiger partial charge is 0.416 e. The van der Waals surface area contributed by atoms with Crippen LogP contribution < -0.4 is 10.0 Å². The van der Waals surface area contributed by atoms with E-state index in [4.69, 9.17) is 0 Å². The molecule has 0 spiro atoms. The fourth-order valence-corrected chi connectivity index (χ4v) is 3.53. The molecule has 0 fully saturated rings. The lowest BCUT2D eigenvalue weighted by atomic mass is 10.2. The van der Waals surface area contributed by atoms with Gasteiger partial charge in [-0.3, -0.25) is 4.79 Å². The Morgan fingerprint density at radius 2 is 1.80 bits per heavy atom. The number of carbonyl (C=O) groups is 1. The molecule has 0 aliphatic carbocycles. The van der Waals surface area contributed by atoms with E-state index in [1.807, 2.05) is 0 Å². The van der Waals surface area contributed by atoms with Gasteiger partial charge in [0.15, 0.2) is 0 Å². The van der Waals surface area contributed by atoms with E-state index in [1.165, 1.54) is 0 Å². The molecule has 2 N–H and O–H groups in total. The predicted octanol–water partition coefficient (Wildman–Crippen LogP) is 2.95. The second-order valence-electron chi connectivity index (χ2n) is 6.01. The number of hydrogen-bond acceptors (Lipinski definition) is 4. The Labute approximate surface area is 168 Å². The van der Waals surface area contributed by atoms with Crippen LogP contribution in [0.5, 0.6) is 0 Å². The van der Waals surface area contributed by atoms with Gasteiger partial charge in [0.25, 0.3) is 0 Å². The van der Waals surface area contributed by atoms with Crippen molar-refractivity contribution < 1.29 is 30.8 Å². The van der Waals surface area contributed by atoms with Crippen molar-refractivity contribution in [1.82, 2.24) is 14.5 Å². The Morgan fingerprint density at radius 3 is 2.40 bits per heavy atom. The van der Waals surface area contributed by atoms with Crippen LogP contribution in [-0.4, -0.2) is 30.7 Å². The van der Waals surface area contributed by atoms with Crippen LogP contribution >= 0.6 is 0 Å². The molecule has 2 aromatic carbocycles. The molecule has 0 radical (unpaired) electrons. The Hall–Kier alpha value is -3.25. The SMILES string of the molecule is O=C(CNS(=O)(=O)c1cc(C(F)(F)F)ccc1F)Nc1ccc(-n2cccn2)cc1. The van der Waals surface area contributed by atoms with Gasteiger partial charge in [-0.15, -0.1) is 0 Å². The van der Waals surface area contributed by atoms with Crippen LogP contribution in [0.25, 0.3) is 5.69 Å². The van der Waals surface area contributed by atoms with Crippen molar-refractivity contribution in [2.75, 3.05) is 11.9 Å². The van der Waals surface area contributed by atoms with Crippen molar-refractivity contribution >= 4 is 21.6 Å². The van der Waals surface area contributed by atoms with Gasteiger partial charge in [0.2, 0.25) is 15.9 Å². The summed E-state index contributed by atoms with van der Waals surface area (Å²) in [5.74, 6) is -2.16. The van der Waals surface area contributed by atoms with Gasteiger partial charge in [0, 0.05) is 18.1 Å².